The highest BCUT2D eigenvalue weighted by Crippen LogP contribution is 2.23. The van der Waals surface area contributed by atoms with Crippen molar-refractivity contribution in [2.75, 3.05) is 0 Å². The molecule has 7 nitrogen and oxygen atoms in total. The van der Waals surface area contributed by atoms with Crippen molar-refractivity contribution in [1.82, 2.24) is 0 Å². The van der Waals surface area contributed by atoms with Crippen LogP contribution in [-0.2, 0) is 24.0 Å². The maximum absolute atomic E-state index is 10.7. The van der Waals surface area contributed by atoms with Crippen molar-refractivity contribution < 1.29 is 34.4 Å². The number of hydrogen-bond acceptors (Lipinski definition) is 6. The fraction of sp³-hybridized carbons (Fsp3) is 0.500. The third kappa shape index (κ3) is 1.75. The average Bonchev–Trinajstić information content (AvgIpc) is 2.46. The monoisotopic (exact) mass is 190 g/mol. The van der Waals surface area contributed by atoms with Crippen LogP contribution in [-0.4, -0.2) is 34.4 Å². The third-order valence-corrected chi connectivity index (χ3v) is 1.65. The molecule has 0 aromatic rings. The SMILES string of the molecule is O=C1C[C@@H](C(=O)OO)[C@@H](C(=O)O)O1. The Kier molecular flexibility index (Phi) is 2.47. The summed E-state index contributed by atoms with van der Waals surface area (Å²) in [6.07, 6.45) is -1.96. The van der Waals surface area contributed by atoms with Crippen LogP contribution in [0.4, 0.5) is 0 Å². The molecule has 1 fully saturated rings. The summed E-state index contributed by atoms with van der Waals surface area (Å²) in [6.45, 7) is 0. The highest BCUT2D eigenvalue weighted by atomic mass is 17.1. The normalized spacial score (nSPS) is 26.7. The fourth-order valence-electron chi connectivity index (χ4n) is 1.06. The van der Waals surface area contributed by atoms with E-state index in [1.54, 1.807) is 0 Å². The molecule has 13 heavy (non-hydrogen) atoms. The fourth-order valence-corrected chi connectivity index (χ4v) is 1.06. The lowest BCUT2D eigenvalue weighted by atomic mass is 10.0. The zero-order chi connectivity index (χ0) is 10.0. The Morgan fingerprint density at radius 2 is 2.15 bits per heavy atom. The molecule has 0 aliphatic carbocycles. The summed E-state index contributed by atoms with van der Waals surface area (Å²) in [7, 11) is 0. The molecule has 0 radical (unpaired) electrons. The van der Waals surface area contributed by atoms with Crippen LogP contribution in [0.3, 0.4) is 0 Å². The third-order valence-electron chi connectivity index (χ3n) is 1.65. The van der Waals surface area contributed by atoms with Crippen molar-refractivity contribution in [2.24, 2.45) is 5.92 Å². The second kappa shape index (κ2) is 3.40. The van der Waals surface area contributed by atoms with Crippen molar-refractivity contribution in [3.8, 4) is 0 Å². The van der Waals surface area contributed by atoms with Gasteiger partial charge in [0.15, 0.2) is 0 Å². The first-order valence-electron chi connectivity index (χ1n) is 3.33. The van der Waals surface area contributed by atoms with Crippen LogP contribution in [0, 0.1) is 5.92 Å². The average molecular weight is 190 g/mol. The van der Waals surface area contributed by atoms with Gasteiger partial charge in [0.05, 0.1) is 6.42 Å². The van der Waals surface area contributed by atoms with E-state index in [1.165, 1.54) is 0 Å². The van der Waals surface area contributed by atoms with Gasteiger partial charge in [-0.15, -0.1) is 0 Å². The summed E-state index contributed by atoms with van der Waals surface area (Å²) in [5, 5.41) is 16.5. The summed E-state index contributed by atoms with van der Waals surface area (Å²) in [5.41, 5.74) is 0. The van der Waals surface area contributed by atoms with E-state index < -0.39 is 36.4 Å². The minimum atomic E-state index is -1.56. The van der Waals surface area contributed by atoms with Gasteiger partial charge < -0.3 is 14.7 Å². The first-order valence-corrected chi connectivity index (χ1v) is 3.33. The van der Waals surface area contributed by atoms with Gasteiger partial charge in [0.1, 0.15) is 5.92 Å². The van der Waals surface area contributed by atoms with Crippen molar-refractivity contribution >= 4 is 17.9 Å². The van der Waals surface area contributed by atoms with E-state index in [2.05, 4.69) is 9.62 Å². The van der Waals surface area contributed by atoms with Gasteiger partial charge in [0.25, 0.3) is 0 Å². The van der Waals surface area contributed by atoms with Gasteiger partial charge >= 0.3 is 17.9 Å². The first-order chi connectivity index (χ1) is 6.06. The molecule has 1 aliphatic rings. The van der Waals surface area contributed by atoms with E-state index in [1.807, 2.05) is 0 Å². The van der Waals surface area contributed by atoms with Crippen LogP contribution in [0.25, 0.3) is 0 Å². The van der Waals surface area contributed by atoms with Gasteiger partial charge in [0.2, 0.25) is 6.10 Å². The van der Waals surface area contributed by atoms with Crippen LogP contribution >= 0.6 is 0 Å². The number of aliphatic carboxylic acids is 1. The van der Waals surface area contributed by atoms with Crippen LogP contribution in [0.5, 0.6) is 0 Å². The number of hydrogen-bond donors (Lipinski definition) is 2. The van der Waals surface area contributed by atoms with Crippen molar-refractivity contribution in [1.29, 1.82) is 0 Å². The highest BCUT2D eigenvalue weighted by Gasteiger charge is 2.45. The maximum atomic E-state index is 10.7. The molecule has 1 aliphatic heterocycles. The summed E-state index contributed by atoms with van der Waals surface area (Å²) in [5.74, 6) is -4.70. The van der Waals surface area contributed by atoms with E-state index in [9.17, 15) is 14.4 Å². The molecule has 72 valence electrons. The zero-order valence-corrected chi connectivity index (χ0v) is 6.30. The lowest BCUT2D eigenvalue weighted by Gasteiger charge is -2.08. The highest BCUT2D eigenvalue weighted by molar-refractivity contribution is 5.91. The van der Waals surface area contributed by atoms with E-state index in [0.717, 1.165) is 0 Å². The lowest BCUT2D eigenvalue weighted by Crippen LogP contribution is -2.32. The number of carbonyl (C=O) groups is 3. The molecule has 2 atom stereocenters. The summed E-state index contributed by atoms with van der Waals surface area (Å²) >= 11 is 0. The minimum absolute atomic E-state index is 0.393. The van der Waals surface area contributed by atoms with Crippen molar-refractivity contribution in [2.45, 2.75) is 12.5 Å². The Labute approximate surface area is 71.8 Å². The number of carbonyl (C=O) groups excluding carboxylic acids is 2. The Balaban J connectivity index is 2.77. The Hall–Kier alpha value is -1.63. The first kappa shape index (κ1) is 9.46. The largest absolute Gasteiger partial charge is 0.478 e. The smallest absolute Gasteiger partial charge is 0.350 e. The summed E-state index contributed by atoms with van der Waals surface area (Å²) in [6, 6.07) is 0. The number of ether oxygens (including phenoxy) is 1. The number of carboxylic acid groups (broad SMARTS) is 1. The van der Waals surface area contributed by atoms with E-state index in [0.29, 0.717) is 0 Å². The topological polar surface area (TPSA) is 110 Å². The molecule has 0 saturated carbocycles. The Morgan fingerprint density at radius 3 is 2.62 bits per heavy atom. The second-order valence-corrected chi connectivity index (χ2v) is 2.47. The number of carboxylic acids is 1. The van der Waals surface area contributed by atoms with Gasteiger partial charge in [-0.2, -0.15) is 5.26 Å². The molecule has 1 saturated heterocycles. The van der Waals surface area contributed by atoms with Gasteiger partial charge in [-0.3, -0.25) is 4.79 Å². The Morgan fingerprint density at radius 1 is 1.54 bits per heavy atom. The number of rotatable bonds is 2. The summed E-state index contributed by atoms with van der Waals surface area (Å²) < 4.78 is 4.31. The van der Waals surface area contributed by atoms with E-state index in [4.69, 9.17) is 10.4 Å². The molecule has 1 heterocycles. The molecule has 2 N–H and O–H groups in total. The molecule has 0 amide bonds. The predicted molar refractivity (Wildman–Crippen MR) is 34.3 cm³/mol. The molecule has 0 bridgehead atoms. The zero-order valence-electron chi connectivity index (χ0n) is 6.30. The standard InChI is InChI=1S/C6H6O7/c7-3-1-2(6(10)13-11)4(12-3)5(8)9/h2,4,11H,1H2,(H,8,9)/t2-,4+/m1/s1. The molecular formula is C6H6O7. The Bertz CT molecular complexity index is 258. The van der Waals surface area contributed by atoms with Gasteiger partial charge in [-0.1, -0.05) is 0 Å². The number of esters is 1. The minimum Gasteiger partial charge on any atom is -0.478 e. The quantitative estimate of drug-likeness (QED) is 0.327. The molecule has 0 unspecified atom stereocenters. The molecule has 0 aromatic carbocycles. The van der Waals surface area contributed by atoms with E-state index in [-0.39, 0.29) is 0 Å². The molecule has 1 rings (SSSR count). The van der Waals surface area contributed by atoms with Crippen LogP contribution < -0.4 is 0 Å². The lowest BCUT2D eigenvalue weighted by molar-refractivity contribution is -0.240. The second-order valence-electron chi connectivity index (χ2n) is 2.47. The van der Waals surface area contributed by atoms with Gasteiger partial charge in [0, 0.05) is 0 Å². The molecular weight excluding hydrogens is 184 g/mol. The van der Waals surface area contributed by atoms with Gasteiger partial charge in [-0.25, -0.2) is 9.59 Å². The summed E-state index contributed by atoms with van der Waals surface area (Å²) in [4.78, 5) is 35.1. The van der Waals surface area contributed by atoms with Crippen LogP contribution in [0.15, 0.2) is 0 Å². The van der Waals surface area contributed by atoms with Crippen molar-refractivity contribution in [3.63, 3.8) is 0 Å². The maximum Gasteiger partial charge on any atom is 0.350 e. The van der Waals surface area contributed by atoms with E-state index >= 15 is 0 Å². The number of cyclic esters (lactones) is 1. The molecule has 0 aromatic heterocycles. The molecule has 7 heteroatoms. The van der Waals surface area contributed by atoms with Crippen LogP contribution in [0.1, 0.15) is 6.42 Å². The molecule has 0 spiro atoms. The van der Waals surface area contributed by atoms with Crippen molar-refractivity contribution in [3.05, 3.63) is 0 Å². The van der Waals surface area contributed by atoms with Crippen LogP contribution in [0.2, 0.25) is 0 Å². The van der Waals surface area contributed by atoms with Gasteiger partial charge in [-0.05, 0) is 0 Å². The predicted octanol–water partition coefficient (Wildman–Crippen LogP) is -0.981.